The fraction of sp³-hybridized carbons (Fsp3) is 0.812. The fourth-order valence-electron chi connectivity index (χ4n) is 1.57. The largest absolute Gasteiger partial charge is 0.465 e. The lowest BCUT2D eigenvalue weighted by atomic mass is 9.95. The molecule has 1 N–H and O–H groups in total. The Kier molecular flexibility index (Phi) is 9.48. The highest BCUT2D eigenvalue weighted by Gasteiger charge is 2.43. The molecule has 0 aliphatic carbocycles. The summed E-state index contributed by atoms with van der Waals surface area (Å²) in [4.78, 5) is 35.5. The van der Waals surface area contributed by atoms with Gasteiger partial charge < -0.3 is 19.3 Å². The lowest BCUT2D eigenvalue weighted by molar-refractivity contribution is -0.178. The lowest BCUT2D eigenvalue weighted by Gasteiger charge is -2.24. The second-order valence-electron chi connectivity index (χ2n) is 6.26. The van der Waals surface area contributed by atoms with Crippen molar-refractivity contribution in [2.24, 2.45) is 11.8 Å². The van der Waals surface area contributed by atoms with E-state index in [0.29, 0.717) is 0 Å². The summed E-state index contributed by atoms with van der Waals surface area (Å²) in [6.07, 6.45) is -1.31. The van der Waals surface area contributed by atoms with Crippen molar-refractivity contribution < 1.29 is 33.7 Å². The van der Waals surface area contributed by atoms with Crippen molar-refractivity contribution in [2.75, 3.05) is 19.8 Å². The standard InChI is InChI=1S/C16H28O7/c1-6-21-15(19)16(20,7-13(17)22-9-11(2)3)8-14(18)23-10-12(4)5/h11-12,20H,6-10H2,1-5H3. The van der Waals surface area contributed by atoms with Crippen LogP contribution in [-0.4, -0.2) is 48.4 Å². The van der Waals surface area contributed by atoms with Gasteiger partial charge in [-0.15, -0.1) is 0 Å². The molecular formula is C16H28O7. The molecule has 0 aromatic rings. The molecule has 7 nitrogen and oxygen atoms in total. The minimum absolute atomic E-state index is 0.0171. The van der Waals surface area contributed by atoms with Gasteiger partial charge in [0.1, 0.15) is 0 Å². The summed E-state index contributed by atoms with van der Waals surface area (Å²) in [6, 6.07) is 0. The van der Waals surface area contributed by atoms with Crippen LogP contribution in [0.25, 0.3) is 0 Å². The van der Waals surface area contributed by atoms with E-state index in [9.17, 15) is 19.5 Å². The Morgan fingerprint density at radius 1 is 0.870 bits per heavy atom. The molecule has 0 aliphatic heterocycles. The van der Waals surface area contributed by atoms with E-state index in [0.717, 1.165) is 0 Å². The number of ether oxygens (including phenoxy) is 3. The Balaban J connectivity index is 4.85. The second-order valence-corrected chi connectivity index (χ2v) is 6.26. The molecule has 0 amide bonds. The Morgan fingerprint density at radius 2 is 1.26 bits per heavy atom. The van der Waals surface area contributed by atoms with Crippen LogP contribution in [0.1, 0.15) is 47.5 Å². The van der Waals surface area contributed by atoms with Gasteiger partial charge >= 0.3 is 17.9 Å². The van der Waals surface area contributed by atoms with Crippen LogP contribution in [0.15, 0.2) is 0 Å². The zero-order valence-electron chi connectivity index (χ0n) is 14.6. The van der Waals surface area contributed by atoms with Crippen LogP contribution in [0.5, 0.6) is 0 Å². The molecule has 0 bridgehead atoms. The first-order valence-electron chi connectivity index (χ1n) is 7.81. The highest BCUT2D eigenvalue weighted by atomic mass is 16.6. The van der Waals surface area contributed by atoms with Crippen LogP contribution < -0.4 is 0 Å². The van der Waals surface area contributed by atoms with Crippen molar-refractivity contribution in [1.82, 2.24) is 0 Å². The fourth-order valence-corrected chi connectivity index (χ4v) is 1.57. The molecule has 0 aliphatic rings. The first-order valence-corrected chi connectivity index (χ1v) is 7.81. The molecule has 0 spiro atoms. The van der Waals surface area contributed by atoms with E-state index < -0.39 is 36.4 Å². The predicted molar refractivity (Wildman–Crippen MR) is 82.4 cm³/mol. The maximum atomic E-state index is 11.9. The molecule has 0 unspecified atom stereocenters. The van der Waals surface area contributed by atoms with Gasteiger partial charge in [0.25, 0.3) is 0 Å². The van der Waals surface area contributed by atoms with Crippen molar-refractivity contribution in [2.45, 2.75) is 53.1 Å². The van der Waals surface area contributed by atoms with E-state index in [-0.39, 0.29) is 31.7 Å². The van der Waals surface area contributed by atoms with Gasteiger partial charge in [0, 0.05) is 0 Å². The summed E-state index contributed by atoms with van der Waals surface area (Å²) in [7, 11) is 0. The van der Waals surface area contributed by atoms with E-state index >= 15 is 0 Å². The van der Waals surface area contributed by atoms with E-state index in [2.05, 4.69) is 0 Å². The van der Waals surface area contributed by atoms with Crippen molar-refractivity contribution >= 4 is 17.9 Å². The zero-order chi connectivity index (χ0) is 18.0. The van der Waals surface area contributed by atoms with Crippen molar-refractivity contribution in [1.29, 1.82) is 0 Å². The number of hydrogen-bond donors (Lipinski definition) is 1. The average molecular weight is 332 g/mol. The molecule has 0 rings (SSSR count). The third kappa shape index (κ3) is 9.18. The van der Waals surface area contributed by atoms with Crippen LogP contribution in [0.3, 0.4) is 0 Å². The smallest absolute Gasteiger partial charge is 0.339 e. The number of esters is 3. The molecule has 0 heterocycles. The van der Waals surface area contributed by atoms with Gasteiger partial charge in [0.2, 0.25) is 0 Å². The normalized spacial score (nSPS) is 11.5. The number of hydrogen-bond acceptors (Lipinski definition) is 7. The van der Waals surface area contributed by atoms with Crippen LogP contribution in [0.2, 0.25) is 0 Å². The Morgan fingerprint density at radius 3 is 1.57 bits per heavy atom. The quantitative estimate of drug-likeness (QED) is 0.477. The first-order chi connectivity index (χ1) is 10.6. The van der Waals surface area contributed by atoms with Gasteiger partial charge in [-0.3, -0.25) is 9.59 Å². The highest BCUT2D eigenvalue weighted by molar-refractivity contribution is 5.90. The second kappa shape index (κ2) is 10.2. The molecule has 23 heavy (non-hydrogen) atoms. The molecular weight excluding hydrogens is 304 g/mol. The monoisotopic (exact) mass is 332 g/mol. The molecule has 0 atom stereocenters. The van der Waals surface area contributed by atoms with Gasteiger partial charge in [0.15, 0.2) is 5.60 Å². The summed E-state index contributed by atoms with van der Waals surface area (Å²) in [5.41, 5.74) is -2.28. The van der Waals surface area contributed by atoms with Crippen LogP contribution in [0.4, 0.5) is 0 Å². The summed E-state index contributed by atoms with van der Waals surface area (Å²) in [6.45, 7) is 9.32. The molecule has 0 aromatic heterocycles. The Labute approximate surface area is 137 Å². The molecule has 134 valence electrons. The third-order valence-electron chi connectivity index (χ3n) is 2.68. The predicted octanol–water partition coefficient (Wildman–Crippen LogP) is 1.46. The topological polar surface area (TPSA) is 99.1 Å². The number of aliphatic hydroxyl groups is 1. The van der Waals surface area contributed by atoms with Crippen LogP contribution in [-0.2, 0) is 28.6 Å². The number of carbonyl (C=O) groups excluding carboxylic acids is 3. The van der Waals surface area contributed by atoms with E-state index in [4.69, 9.17) is 14.2 Å². The van der Waals surface area contributed by atoms with E-state index in [1.807, 2.05) is 27.7 Å². The van der Waals surface area contributed by atoms with Gasteiger partial charge in [0.05, 0.1) is 32.7 Å². The lowest BCUT2D eigenvalue weighted by Crippen LogP contribution is -2.45. The highest BCUT2D eigenvalue weighted by Crippen LogP contribution is 2.20. The summed E-state index contributed by atoms with van der Waals surface area (Å²) in [5.74, 6) is -2.35. The van der Waals surface area contributed by atoms with E-state index in [1.165, 1.54) is 0 Å². The first kappa shape index (κ1) is 21.4. The minimum atomic E-state index is -2.28. The number of rotatable bonds is 10. The van der Waals surface area contributed by atoms with Gasteiger partial charge in [-0.1, -0.05) is 27.7 Å². The molecule has 0 aromatic carbocycles. The molecule has 0 saturated heterocycles. The van der Waals surface area contributed by atoms with Gasteiger partial charge in [-0.25, -0.2) is 4.79 Å². The van der Waals surface area contributed by atoms with E-state index in [1.54, 1.807) is 6.92 Å². The van der Waals surface area contributed by atoms with Crippen LogP contribution >= 0.6 is 0 Å². The minimum Gasteiger partial charge on any atom is -0.465 e. The molecule has 0 radical (unpaired) electrons. The third-order valence-corrected chi connectivity index (χ3v) is 2.68. The number of carbonyl (C=O) groups is 3. The zero-order valence-corrected chi connectivity index (χ0v) is 14.6. The molecule has 0 saturated carbocycles. The van der Waals surface area contributed by atoms with Gasteiger partial charge in [-0.05, 0) is 18.8 Å². The molecule has 0 fully saturated rings. The maximum Gasteiger partial charge on any atom is 0.339 e. The Hall–Kier alpha value is -1.63. The summed E-state index contributed by atoms with van der Waals surface area (Å²) in [5, 5.41) is 10.4. The van der Waals surface area contributed by atoms with Crippen molar-refractivity contribution in [3.8, 4) is 0 Å². The van der Waals surface area contributed by atoms with Gasteiger partial charge in [-0.2, -0.15) is 0 Å². The summed E-state index contributed by atoms with van der Waals surface area (Å²) < 4.78 is 14.7. The Bertz CT molecular complexity index is 375. The maximum absolute atomic E-state index is 11.9. The van der Waals surface area contributed by atoms with Crippen LogP contribution in [0, 0.1) is 11.8 Å². The summed E-state index contributed by atoms with van der Waals surface area (Å²) >= 11 is 0. The SMILES string of the molecule is CCOC(=O)C(O)(CC(=O)OCC(C)C)CC(=O)OCC(C)C. The molecule has 7 heteroatoms. The average Bonchev–Trinajstić information content (AvgIpc) is 2.43. The van der Waals surface area contributed by atoms with Crippen molar-refractivity contribution in [3.63, 3.8) is 0 Å². The van der Waals surface area contributed by atoms with Crippen molar-refractivity contribution in [3.05, 3.63) is 0 Å².